The van der Waals surface area contributed by atoms with Crippen molar-refractivity contribution < 1.29 is 13.9 Å². The van der Waals surface area contributed by atoms with Gasteiger partial charge in [0.05, 0.1) is 11.5 Å². The molecule has 0 fully saturated rings. The molecule has 0 aromatic heterocycles. The predicted molar refractivity (Wildman–Crippen MR) is 51.0 cm³/mol. The molecule has 0 spiro atoms. The minimum Gasteiger partial charge on any atom is -0.396 e. The molecule has 0 aliphatic carbocycles. The van der Waals surface area contributed by atoms with Crippen LogP contribution in [0.5, 0.6) is 0 Å². The molecule has 0 aliphatic rings. The Morgan fingerprint density at radius 1 is 1.40 bits per heavy atom. The molecule has 1 aromatic rings. The first-order valence-corrected chi connectivity index (χ1v) is 4.52. The van der Waals surface area contributed by atoms with Crippen LogP contribution in [0.4, 0.5) is 8.78 Å². The highest BCUT2D eigenvalue weighted by Crippen LogP contribution is 2.30. The monoisotopic (exact) mass is 211 g/mol. The zero-order chi connectivity index (χ0) is 11.5. The number of aliphatic hydroxyl groups excluding tert-OH is 1. The van der Waals surface area contributed by atoms with Gasteiger partial charge in [-0.05, 0) is 25.5 Å². The highest BCUT2D eigenvalue weighted by atomic mass is 19.1. The topological polar surface area (TPSA) is 44.0 Å². The van der Waals surface area contributed by atoms with Crippen LogP contribution in [-0.4, -0.2) is 11.7 Å². The van der Waals surface area contributed by atoms with Crippen molar-refractivity contribution in [3.05, 3.63) is 35.4 Å². The third-order valence-corrected chi connectivity index (χ3v) is 2.37. The first kappa shape index (κ1) is 11.6. The Hall–Kier alpha value is -1.47. The molecule has 0 bridgehead atoms. The maximum Gasteiger partial charge on any atom is 0.130 e. The van der Waals surface area contributed by atoms with Crippen molar-refractivity contribution in [2.75, 3.05) is 6.61 Å². The zero-order valence-corrected chi connectivity index (χ0v) is 8.30. The van der Waals surface area contributed by atoms with Gasteiger partial charge in [-0.15, -0.1) is 0 Å². The highest BCUT2D eigenvalue weighted by Gasteiger charge is 2.32. The van der Waals surface area contributed by atoms with Gasteiger partial charge in [-0.2, -0.15) is 5.26 Å². The van der Waals surface area contributed by atoms with E-state index >= 15 is 0 Å². The average Bonchev–Trinajstić information content (AvgIpc) is 2.18. The van der Waals surface area contributed by atoms with Gasteiger partial charge in [-0.25, -0.2) is 8.78 Å². The molecule has 1 N–H and O–H groups in total. The maximum atomic E-state index is 13.4. The van der Waals surface area contributed by atoms with E-state index in [4.69, 9.17) is 10.4 Å². The summed E-state index contributed by atoms with van der Waals surface area (Å²) in [6.07, 6.45) is 0.00134. The molecule has 0 radical (unpaired) electrons. The maximum absolute atomic E-state index is 13.4. The molecule has 1 rings (SSSR count). The first-order chi connectivity index (χ1) is 7.05. The third kappa shape index (κ3) is 2.13. The largest absolute Gasteiger partial charge is 0.396 e. The van der Waals surface area contributed by atoms with E-state index in [1.54, 1.807) is 0 Å². The van der Waals surface area contributed by atoms with E-state index in [0.29, 0.717) is 0 Å². The van der Waals surface area contributed by atoms with E-state index in [9.17, 15) is 8.78 Å². The standard InChI is InChI=1S/C11H11F2NO/c1-11(7-14,5-6-15)10-8(12)3-2-4-9(10)13/h2-4,15H,5-6H2,1H3. The van der Waals surface area contributed by atoms with E-state index < -0.39 is 17.0 Å². The van der Waals surface area contributed by atoms with Crippen LogP contribution in [0.2, 0.25) is 0 Å². The van der Waals surface area contributed by atoms with Gasteiger partial charge >= 0.3 is 0 Å². The van der Waals surface area contributed by atoms with Gasteiger partial charge in [-0.1, -0.05) is 6.07 Å². The van der Waals surface area contributed by atoms with Crippen molar-refractivity contribution in [2.24, 2.45) is 0 Å². The number of nitriles is 1. The summed E-state index contributed by atoms with van der Waals surface area (Å²) in [6, 6.07) is 5.28. The van der Waals surface area contributed by atoms with Gasteiger partial charge in [0.1, 0.15) is 11.6 Å². The second-order valence-electron chi connectivity index (χ2n) is 3.51. The molecule has 0 amide bonds. The zero-order valence-electron chi connectivity index (χ0n) is 8.30. The quantitative estimate of drug-likeness (QED) is 0.832. The van der Waals surface area contributed by atoms with E-state index in [2.05, 4.69) is 0 Å². The summed E-state index contributed by atoms with van der Waals surface area (Å²) < 4.78 is 26.8. The normalized spacial score (nSPS) is 14.3. The van der Waals surface area contributed by atoms with Crippen molar-refractivity contribution in [1.82, 2.24) is 0 Å². The SMILES string of the molecule is CC(C#N)(CCO)c1c(F)cccc1F. The van der Waals surface area contributed by atoms with Crippen molar-refractivity contribution in [1.29, 1.82) is 5.26 Å². The van der Waals surface area contributed by atoms with Gasteiger partial charge in [0.25, 0.3) is 0 Å². The van der Waals surface area contributed by atoms with E-state index in [-0.39, 0.29) is 18.6 Å². The molecule has 1 unspecified atom stereocenters. The van der Waals surface area contributed by atoms with Crippen LogP contribution in [-0.2, 0) is 5.41 Å². The Morgan fingerprint density at radius 3 is 2.33 bits per heavy atom. The van der Waals surface area contributed by atoms with E-state index in [1.807, 2.05) is 6.07 Å². The summed E-state index contributed by atoms with van der Waals surface area (Å²) in [5.74, 6) is -1.51. The summed E-state index contributed by atoms with van der Waals surface area (Å²) >= 11 is 0. The van der Waals surface area contributed by atoms with E-state index in [1.165, 1.54) is 13.0 Å². The molecule has 1 atom stereocenters. The van der Waals surface area contributed by atoms with Crippen LogP contribution in [0, 0.1) is 23.0 Å². The molecule has 80 valence electrons. The lowest BCUT2D eigenvalue weighted by molar-refractivity contribution is 0.260. The fourth-order valence-corrected chi connectivity index (χ4v) is 1.49. The second kappa shape index (κ2) is 4.37. The minimum atomic E-state index is -1.33. The number of rotatable bonds is 3. The molecule has 1 aromatic carbocycles. The lowest BCUT2D eigenvalue weighted by Crippen LogP contribution is -2.24. The highest BCUT2D eigenvalue weighted by molar-refractivity contribution is 5.33. The molecule has 4 heteroatoms. The van der Waals surface area contributed by atoms with E-state index in [0.717, 1.165) is 12.1 Å². The van der Waals surface area contributed by atoms with Gasteiger partial charge in [-0.3, -0.25) is 0 Å². The Kier molecular flexibility index (Phi) is 3.38. The van der Waals surface area contributed by atoms with Crippen LogP contribution in [0.3, 0.4) is 0 Å². The third-order valence-electron chi connectivity index (χ3n) is 2.37. The number of benzene rings is 1. The van der Waals surface area contributed by atoms with Crippen molar-refractivity contribution in [2.45, 2.75) is 18.8 Å². The first-order valence-electron chi connectivity index (χ1n) is 4.52. The number of halogens is 2. The minimum absolute atomic E-state index is 0.00134. The second-order valence-corrected chi connectivity index (χ2v) is 3.51. The summed E-state index contributed by atoms with van der Waals surface area (Å²) in [5.41, 5.74) is -1.61. The lowest BCUT2D eigenvalue weighted by atomic mass is 9.80. The number of hydrogen-bond donors (Lipinski definition) is 1. The van der Waals surface area contributed by atoms with Crippen molar-refractivity contribution >= 4 is 0 Å². The molecule has 0 saturated carbocycles. The molecule has 15 heavy (non-hydrogen) atoms. The van der Waals surface area contributed by atoms with Crippen molar-refractivity contribution in [3.8, 4) is 6.07 Å². The van der Waals surface area contributed by atoms with Gasteiger partial charge in [0.2, 0.25) is 0 Å². The summed E-state index contributed by atoms with van der Waals surface area (Å²) in [6.45, 7) is 1.11. The fraction of sp³-hybridized carbons (Fsp3) is 0.364. The van der Waals surface area contributed by atoms with Crippen LogP contribution in [0.25, 0.3) is 0 Å². The molecule has 0 saturated heterocycles. The lowest BCUT2D eigenvalue weighted by Gasteiger charge is -2.21. The summed E-state index contributed by atoms with van der Waals surface area (Å²) in [7, 11) is 0. The van der Waals surface area contributed by atoms with Crippen LogP contribution >= 0.6 is 0 Å². The van der Waals surface area contributed by atoms with Crippen molar-refractivity contribution in [3.63, 3.8) is 0 Å². The summed E-state index contributed by atoms with van der Waals surface area (Å²) in [4.78, 5) is 0. The smallest absolute Gasteiger partial charge is 0.130 e. The van der Waals surface area contributed by atoms with Crippen LogP contribution in [0.1, 0.15) is 18.9 Å². The summed E-state index contributed by atoms with van der Waals surface area (Å²) in [5, 5.41) is 17.7. The molecule has 0 aliphatic heterocycles. The Balaban J connectivity index is 3.30. The van der Waals surface area contributed by atoms with Crippen LogP contribution in [0.15, 0.2) is 18.2 Å². The van der Waals surface area contributed by atoms with Crippen LogP contribution < -0.4 is 0 Å². The Labute approximate surface area is 86.8 Å². The Morgan fingerprint density at radius 2 is 1.93 bits per heavy atom. The number of nitrogens with zero attached hydrogens (tertiary/aromatic N) is 1. The molecular weight excluding hydrogens is 200 g/mol. The fourth-order valence-electron chi connectivity index (χ4n) is 1.49. The van der Waals surface area contributed by atoms with Gasteiger partial charge in [0, 0.05) is 12.2 Å². The molecular formula is C11H11F2NO. The average molecular weight is 211 g/mol. The predicted octanol–water partition coefficient (Wildman–Crippen LogP) is 2.13. The Bertz CT molecular complexity index is 380. The molecule has 0 heterocycles. The van der Waals surface area contributed by atoms with Gasteiger partial charge < -0.3 is 5.11 Å². The molecule has 2 nitrogen and oxygen atoms in total. The number of hydrogen-bond acceptors (Lipinski definition) is 2. The van der Waals surface area contributed by atoms with Gasteiger partial charge in [0.15, 0.2) is 0 Å². The number of aliphatic hydroxyl groups is 1.